The minimum atomic E-state index is -4.02. The van der Waals surface area contributed by atoms with Crippen molar-refractivity contribution in [2.45, 2.75) is 142 Å². The Morgan fingerprint density at radius 2 is 0.745 bits per heavy atom. The van der Waals surface area contributed by atoms with E-state index in [1.54, 1.807) is 11.8 Å². The number of ether oxygens (including phenoxy) is 6. The maximum absolute atomic E-state index is 11.0. The molecule has 15 heteroatoms. The highest BCUT2D eigenvalue weighted by Crippen LogP contribution is 2.10. The molecule has 0 aromatic rings. The van der Waals surface area contributed by atoms with Gasteiger partial charge in [0.05, 0.1) is 51.1 Å². The van der Waals surface area contributed by atoms with Crippen LogP contribution in [0.1, 0.15) is 129 Å². The molecule has 0 bridgehead atoms. The minimum absolute atomic E-state index is 0.191. The van der Waals surface area contributed by atoms with E-state index < -0.39 is 20.2 Å². The molecule has 0 amide bonds. The van der Waals surface area contributed by atoms with Gasteiger partial charge >= 0.3 is 0 Å². The van der Waals surface area contributed by atoms with Gasteiger partial charge in [-0.2, -0.15) is 28.6 Å². The van der Waals surface area contributed by atoms with Crippen molar-refractivity contribution in [3.63, 3.8) is 0 Å². The van der Waals surface area contributed by atoms with Gasteiger partial charge in [-0.05, 0) is 25.7 Å². The Labute approximate surface area is 316 Å². The summed E-state index contributed by atoms with van der Waals surface area (Å²) in [6, 6.07) is 0. The molecule has 0 saturated carbocycles. The molecule has 0 heterocycles. The highest BCUT2D eigenvalue weighted by atomic mass is 32.2. The SMILES string of the molecule is CCCCCCCCCCOCC(COCCSCCOCC(COCCCCCCCCCC)OCCCS(=O)(=O)O)OCCCS(=O)(=O)O. The molecule has 0 saturated heterocycles. The predicted molar refractivity (Wildman–Crippen MR) is 207 cm³/mol. The molecule has 2 N–H and O–H groups in total. The third-order valence-corrected chi connectivity index (χ3v) is 10.6. The van der Waals surface area contributed by atoms with E-state index in [0.29, 0.717) is 52.9 Å². The summed E-state index contributed by atoms with van der Waals surface area (Å²) < 4.78 is 96.9. The zero-order chi connectivity index (χ0) is 37.7. The summed E-state index contributed by atoms with van der Waals surface area (Å²) in [6.07, 6.45) is 19.4. The monoisotopic (exact) mass is 794 g/mol. The average molecular weight is 795 g/mol. The van der Waals surface area contributed by atoms with Crippen molar-refractivity contribution in [1.82, 2.24) is 0 Å². The van der Waals surface area contributed by atoms with Crippen LogP contribution in [-0.4, -0.2) is 127 Å². The lowest BCUT2D eigenvalue weighted by Gasteiger charge is -2.19. The Kier molecular flexibility index (Phi) is 36.8. The summed E-state index contributed by atoms with van der Waals surface area (Å²) in [5.74, 6) is 0.835. The number of thioether (sulfide) groups is 1. The molecule has 0 radical (unpaired) electrons. The lowest BCUT2D eigenvalue weighted by molar-refractivity contribution is -0.0583. The Bertz CT molecular complexity index is 864. The molecule has 0 aliphatic rings. The standard InChI is InChI=1S/C36H74O12S3/c1-3-5-7-9-11-13-15-17-21-43-31-35(47-23-19-29-50(37,38)39)33-45-25-27-49-28-26-46-34-36(48-24-20-30-51(40,41)42)32-44-22-18-16-14-12-10-8-6-4-2/h35-36H,3-34H2,1-2H3,(H,37,38,39)(H,40,41,42). The van der Waals surface area contributed by atoms with Crippen LogP contribution >= 0.6 is 11.8 Å². The number of unbranched alkanes of at least 4 members (excludes halogenated alkanes) is 14. The van der Waals surface area contributed by atoms with Crippen LogP contribution in [0.15, 0.2) is 0 Å². The number of hydrogen-bond acceptors (Lipinski definition) is 11. The first-order valence-corrected chi connectivity index (χ1v) is 24.0. The van der Waals surface area contributed by atoms with Crippen molar-refractivity contribution in [2.24, 2.45) is 0 Å². The van der Waals surface area contributed by atoms with E-state index in [-0.39, 0.29) is 49.8 Å². The fourth-order valence-corrected chi connectivity index (χ4v) is 6.79. The number of hydrogen-bond donors (Lipinski definition) is 2. The molecule has 0 spiro atoms. The van der Waals surface area contributed by atoms with Gasteiger partial charge in [-0.25, -0.2) is 0 Å². The van der Waals surface area contributed by atoms with E-state index in [1.165, 1.54) is 77.0 Å². The molecule has 0 fully saturated rings. The predicted octanol–water partition coefficient (Wildman–Crippen LogP) is 7.39. The summed E-state index contributed by atoms with van der Waals surface area (Å²) in [5, 5.41) is 0. The van der Waals surface area contributed by atoms with Gasteiger partial charge in [0, 0.05) is 37.9 Å². The van der Waals surface area contributed by atoms with Crippen molar-refractivity contribution in [3.05, 3.63) is 0 Å². The van der Waals surface area contributed by atoms with E-state index in [4.69, 9.17) is 37.5 Å². The summed E-state index contributed by atoms with van der Waals surface area (Å²) in [5.41, 5.74) is 0. The third kappa shape index (κ3) is 42.5. The van der Waals surface area contributed by atoms with Crippen LogP contribution in [0.3, 0.4) is 0 Å². The largest absolute Gasteiger partial charge is 0.379 e. The summed E-state index contributed by atoms with van der Waals surface area (Å²) >= 11 is 1.69. The maximum atomic E-state index is 11.0. The normalized spacial score (nSPS) is 13.6. The first kappa shape index (κ1) is 50.9. The van der Waals surface area contributed by atoms with Crippen molar-refractivity contribution < 1.29 is 54.4 Å². The maximum Gasteiger partial charge on any atom is 0.264 e. The Hall–Kier alpha value is -0.0700. The first-order chi connectivity index (χ1) is 24.6. The quantitative estimate of drug-likeness (QED) is 0.0465. The zero-order valence-electron chi connectivity index (χ0n) is 32.0. The Morgan fingerprint density at radius 1 is 0.431 bits per heavy atom. The lowest BCUT2D eigenvalue weighted by atomic mass is 10.1. The molecule has 0 aliphatic carbocycles. The molecular weight excluding hydrogens is 721 g/mol. The van der Waals surface area contributed by atoms with Crippen LogP contribution < -0.4 is 0 Å². The lowest BCUT2D eigenvalue weighted by Crippen LogP contribution is -2.28. The Balaban J connectivity index is 4.25. The molecule has 2 atom stereocenters. The third-order valence-electron chi connectivity index (χ3n) is 8.04. The second-order valence-electron chi connectivity index (χ2n) is 13.1. The molecule has 2 unspecified atom stereocenters. The van der Waals surface area contributed by atoms with Crippen molar-refractivity contribution in [2.75, 3.05) is 89.1 Å². The van der Waals surface area contributed by atoms with Gasteiger partial charge in [0.25, 0.3) is 20.2 Å². The van der Waals surface area contributed by atoms with Crippen LogP contribution in [0.25, 0.3) is 0 Å². The van der Waals surface area contributed by atoms with Gasteiger partial charge < -0.3 is 28.4 Å². The van der Waals surface area contributed by atoms with E-state index >= 15 is 0 Å². The second-order valence-corrected chi connectivity index (χ2v) is 17.5. The molecule has 0 aromatic carbocycles. The van der Waals surface area contributed by atoms with Gasteiger partial charge in [0.2, 0.25) is 0 Å². The van der Waals surface area contributed by atoms with E-state index in [1.807, 2.05) is 0 Å². The van der Waals surface area contributed by atoms with E-state index in [9.17, 15) is 16.8 Å². The van der Waals surface area contributed by atoms with Crippen LogP contribution in [0.4, 0.5) is 0 Å². The smallest absolute Gasteiger partial charge is 0.264 e. The summed E-state index contributed by atoms with van der Waals surface area (Å²) in [6.45, 7) is 8.55. The van der Waals surface area contributed by atoms with Crippen molar-refractivity contribution >= 4 is 32.0 Å². The average Bonchev–Trinajstić information content (AvgIpc) is 3.07. The Morgan fingerprint density at radius 3 is 1.08 bits per heavy atom. The molecule has 0 rings (SSSR count). The molecule has 0 aliphatic heterocycles. The van der Waals surface area contributed by atoms with Crippen LogP contribution in [0.5, 0.6) is 0 Å². The van der Waals surface area contributed by atoms with Gasteiger partial charge in [0.1, 0.15) is 12.2 Å². The second kappa shape index (κ2) is 36.9. The highest BCUT2D eigenvalue weighted by molar-refractivity contribution is 7.99. The molecule has 0 aromatic heterocycles. The van der Waals surface area contributed by atoms with Crippen molar-refractivity contribution in [1.29, 1.82) is 0 Å². The summed E-state index contributed by atoms with van der Waals surface area (Å²) in [4.78, 5) is 0. The summed E-state index contributed by atoms with van der Waals surface area (Å²) in [7, 11) is -8.04. The fourth-order valence-electron chi connectivity index (χ4n) is 5.14. The van der Waals surface area contributed by atoms with Crippen LogP contribution in [-0.2, 0) is 48.7 Å². The first-order valence-electron chi connectivity index (χ1n) is 19.6. The molecular formula is C36H74O12S3. The van der Waals surface area contributed by atoms with Crippen LogP contribution in [0, 0.1) is 0 Å². The van der Waals surface area contributed by atoms with Gasteiger partial charge in [-0.1, -0.05) is 104 Å². The van der Waals surface area contributed by atoms with Gasteiger partial charge in [-0.3, -0.25) is 9.11 Å². The fraction of sp³-hybridized carbons (Fsp3) is 1.00. The topological polar surface area (TPSA) is 164 Å². The van der Waals surface area contributed by atoms with Crippen LogP contribution in [0.2, 0.25) is 0 Å². The molecule has 12 nitrogen and oxygen atoms in total. The van der Waals surface area contributed by atoms with Gasteiger partial charge in [0.15, 0.2) is 0 Å². The van der Waals surface area contributed by atoms with E-state index in [2.05, 4.69) is 13.8 Å². The van der Waals surface area contributed by atoms with Gasteiger partial charge in [-0.15, -0.1) is 0 Å². The highest BCUT2D eigenvalue weighted by Gasteiger charge is 2.13. The van der Waals surface area contributed by atoms with E-state index in [0.717, 1.165) is 37.2 Å². The minimum Gasteiger partial charge on any atom is -0.379 e. The van der Waals surface area contributed by atoms with Crippen molar-refractivity contribution in [3.8, 4) is 0 Å². The number of rotatable bonds is 42. The molecule has 308 valence electrons. The molecule has 51 heavy (non-hydrogen) atoms. The zero-order valence-corrected chi connectivity index (χ0v) is 34.4.